The van der Waals surface area contributed by atoms with Crippen LogP contribution < -0.4 is 4.90 Å². The second kappa shape index (κ2) is 5.53. The van der Waals surface area contributed by atoms with Crippen molar-refractivity contribution in [2.75, 3.05) is 18.1 Å². The predicted octanol–water partition coefficient (Wildman–Crippen LogP) is 3.47. The summed E-state index contributed by atoms with van der Waals surface area (Å²) in [4.78, 5) is 1.75. The zero-order chi connectivity index (χ0) is 13.3. The van der Waals surface area contributed by atoms with E-state index in [1.807, 2.05) is 13.8 Å². The monoisotopic (exact) mass is 319 g/mol. The normalized spacial score (nSPS) is 24.4. The Morgan fingerprint density at radius 1 is 1.33 bits per heavy atom. The van der Waals surface area contributed by atoms with Gasteiger partial charge in [-0.15, -0.1) is 0 Å². The average Bonchev–Trinajstić information content (AvgIpc) is 2.32. The Labute approximate surface area is 114 Å². The fraction of sp³-hybridized carbons (Fsp3) is 0.538. The number of anilines is 1. The third-order valence-electron chi connectivity index (χ3n) is 3.13. The molecule has 0 bridgehead atoms. The van der Waals surface area contributed by atoms with Crippen LogP contribution in [0.5, 0.6) is 0 Å². The first-order valence-corrected chi connectivity index (χ1v) is 7.07. The standard InChI is InChI=1S/C13H16BrF2NO/c1-8-7-18-9(2)6-17(8)13-11(15)3-10(5-14)4-12(13)16/h3-4,8-9H,5-7H2,1-2H3. The van der Waals surface area contributed by atoms with E-state index >= 15 is 0 Å². The highest BCUT2D eigenvalue weighted by molar-refractivity contribution is 9.08. The molecule has 0 saturated carbocycles. The zero-order valence-electron chi connectivity index (χ0n) is 10.4. The maximum absolute atomic E-state index is 14.0. The van der Waals surface area contributed by atoms with E-state index in [1.54, 1.807) is 4.90 Å². The number of nitrogens with zero attached hydrogens (tertiary/aromatic N) is 1. The van der Waals surface area contributed by atoms with Crippen molar-refractivity contribution < 1.29 is 13.5 Å². The van der Waals surface area contributed by atoms with Crippen LogP contribution in [0.15, 0.2) is 12.1 Å². The molecule has 1 aliphatic rings. The van der Waals surface area contributed by atoms with Gasteiger partial charge in [0.15, 0.2) is 0 Å². The van der Waals surface area contributed by atoms with Crippen molar-refractivity contribution in [2.45, 2.75) is 31.3 Å². The van der Waals surface area contributed by atoms with Crippen LogP contribution in [0.3, 0.4) is 0 Å². The Balaban J connectivity index is 2.37. The molecule has 5 heteroatoms. The maximum atomic E-state index is 14.0. The molecule has 2 atom stereocenters. The highest BCUT2D eigenvalue weighted by Crippen LogP contribution is 2.29. The lowest BCUT2D eigenvalue weighted by Crippen LogP contribution is -2.48. The summed E-state index contributed by atoms with van der Waals surface area (Å²) in [5, 5.41) is 0.441. The molecular formula is C13H16BrF2NO. The van der Waals surface area contributed by atoms with Crippen molar-refractivity contribution >= 4 is 21.6 Å². The molecular weight excluding hydrogens is 304 g/mol. The SMILES string of the molecule is CC1CN(c2c(F)cc(CBr)cc2F)C(C)CO1. The van der Waals surface area contributed by atoms with Gasteiger partial charge in [-0.25, -0.2) is 8.78 Å². The number of ether oxygens (including phenoxy) is 1. The van der Waals surface area contributed by atoms with Gasteiger partial charge < -0.3 is 9.64 Å². The summed E-state index contributed by atoms with van der Waals surface area (Å²) < 4.78 is 33.6. The van der Waals surface area contributed by atoms with Crippen LogP contribution in [-0.4, -0.2) is 25.3 Å². The Bertz CT molecular complexity index is 418. The van der Waals surface area contributed by atoms with Crippen LogP contribution in [0, 0.1) is 11.6 Å². The van der Waals surface area contributed by atoms with Crippen LogP contribution in [0.1, 0.15) is 19.4 Å². The molecule has 100 valence electrons. The number of rotatable bonds is 2. The van der Waals surface area contributed by atoms with Crippen molar-refractivity contribution in [3.05, 3.63) is 29.3 Å². The van der Waals surface area contributed by atoms with E-state index in [9.17, 15) is 8.78 Å². The number of halogens is 3. The minimum absolute atomic E-state index is 0.0177. The van der Waals surface area contributed by atoms with Gasteiger partial charge in [0.1, 0.15) is 17.3 Å². The van der Waals surface area contributed by atoms with E-state index < -0.39 is 11.6 Å². The second-order valence-corrected chi connectivity index (χ2v) is 5.25. The fourth-order valence-electron chi connectivity index (χ4n) is 2.18. The fourth-order valence-corrected chi connectivity index (χ4v) is 2.51. The lowest BCUT2D eigenvalue weighted by Gasteiger charge is -2.38. The van der Waals surface area contributed by atoms with Gasteiger partial charge >= 0.3 is 0 Å². The highest BCUT2D eigenvalue weighted by atomic mass is 79.9. The van der Waals surface area contributed by atoms with E-state index in [2.05, 4.69) is 15.9 Å². The summed E-state index contributed by atoms with van der Waals surface area (Å²) >= 11 is 3.20. The van der Waals surface area contributed by atoms with Crippen molar-refractivity contribution in [1.29, 1.82) is 0 Å². The summed E-state index contributed by atoms with van der Waals surface area (Å²) in [6, 6.07) is 2.72. The van der Waals surface area contributed by atoms with Crippen molar-refractivity contribution in [3.63, 3.8) is 0 Å². The van der Waals surface area contributed by atoms with Gasteiger partial charge in [-0.2, -0.15) is 0 Å². The van der Waals surface area contributed by atoms with Crippen LogP contribution in [-0.2, 0) is 10.1 Å². The lowest BCUT2D eigenvalue weighted by atomic mass is 10.1. The van der Waals surface area contributed by atoms with Crippen LogP contribution in [0.2, 0.25) is 0 Å². The van der Waals surface area contributed by atoms with E-state index in [-0.39, 0.29) is 17.8 Å². The van der Waals surface area contributed by atoms with Crippen molar-refractivity contribution in [1.82, 2.24) is 0 Å². The minimum Gasteiger partial charge on any atom is -0.375 e. The molecule has 0 aliphatic carbocycles. The van der Waals surface area contributed by atoms with Crippen molar-refractivity contribution in [3.8, 4) is 0 Å². The predicted molar refractivity (Wildman–Crippen MR) is 71.2 cm³/mol. The van der Waals surface area contributed by atoms with Gasteiger partial charge in [0, 0.05) is 17.9 Å². The van der Waals surface area contributed by atoms with Gasteiger partial charge in [-0.1, -0.05) is 15.9 Å². The summed E-state index contributed by atoms with van der Waals surface area (Å²) in [6.07, 6.45) is -0.0177. The molecule has 1 fully saturated rings. The molecule has 2 unspecified atom stereocenters. The van der Waals surface area contributed by atoms with Gasteiger partial charge in [0.05, 0.1) is 12.7 Å². The van der Waals surface area contributed by atoms with Gasteiger partial charge in [0.2, 0.25) is 0 Å². The average molecular weight is 320 g/mol. The minimum atomic E-state index is -0.509. The Kier molecular flexibility index (Phi) is 4.22. The number of benzene rings is 1. The zero-order valence-corrected chi connectivity index (χ0v) is 12.0. The number of alkyl halides is 1. The molecule has 0 aromatic heterocycles. The molecule has 1 heterocycles. The molecule has 0 amide bonds. The molecule has 1 saturated heterocycles. The first-order chi connectivity index (χ1) is 8.52. The van der Waals surface area contributed by atoms with E-state index in [0.717, 1.165) is 0 Å². The molecule has 0 spiro atoms. The summed E-state index contributed by atoms with van der Waals surface area (Å²) in [5.74, 6) is -1.02. The quantitative estimate of drug-likeness (QED) is 0.774. The highest BCUT2D eigenvalue weighted by Gasteiger charge is 2.28. The molecule has 2 nitrogen and oxygen atoms in total. The van der Waals surface area contributed by atoms with E-state index in [1.165, 1.54) is 12.1 Å². The molecule has 18 heavy (non-hydrogen) atoms. The first kappa shape index (κ1) is 13.7. The summed E-state index contributed by atoms with van der Waals surface area (Å²) in [7, 11) is 0. The Morgan fingerprint density at radius 3 is 2.50 bits per heavy atom. The van der Waals surface area contributed by atoms with Gasteiger partial charge in [-0.05, 0) is 31.5 Å². The van der Waals surface area contributed by atoms with Gasteiger partial charge in [0.25, 0.3) is 0 Å². The molecule has 1 aromatic carbocycles. The molecule has 0 N–H and O–H groups in total. The van der Waals surface area contributed by atoms with E-state index in [0.29, 0.717) is 24.0 Å². The molecule has 2 rings (SSSR count). The summed E-state index contributed by atoms with van der Waals surface area (Å²) in [6.45, 7) is 4.80. The topological polar surface area (TPSA) is 12.5 Å². The van der Waals surface area contributed by atoms with Gasteiger partial charge in [-0.3, -0.25) is 0 Å². The first-order valence-electron chi connectivity index (χ1n) is 5.95. The maximum Gasteiger partial charge on any atom is 0.149 e. The third-order valence-corrected chi connectivity index (χ3v) is 3.77. The molecule has 1 aliphatic heterocycles. The number of morpholine rings is 1. The second-order valence-electron chi connectivity index (χ2n) is 4.69. The van der Waals surface area contributed by atoms with Crippen molar-refractivity contribution in [2.24, 2.45) is 0 Å². The molecule has 0 radical (unpaired) electrons. The Hall–Kier alpha value is -0.680. The number of hydrogen-bond acceptors (Lipinski definition) is 2. The smallest absolute Gasteiger partial charge is 0.149 e. The number of hydrogen-bond donors (Lipinski definition) is 0. The molecule has 1 aromatic rings. The Morgan fingerprint density at radius 2 is 1.94 bits per heavy atom. The lowest BCUT2D eigenvalue weighted by molar-refractivity contribution is 0.0338. The van der Waals surface area contributed by atoms with Crippen LogP contribution in [0.4, 0.5) is 14.5 Å². The van der Waals surface area contributed by atoms with Crippen LogP contribution >= 0.6 is 15.9 Å². The third kappa shape index (κ3) is 2.67. The van der Waals surface area contributed by atoms with Crippen LogP contribution in [0.25, 0.3) is 0 Å². The largest absolute Gasteiger partial charge is 0.375 e. The van der Waals surface area contributed by atoms with E-state index in [4.69, 9.17) is 4.74 Å². The summed E-state index contributed by atoms with van der Waals surface area (Å²) in [5.41, 5.74) is 0.657.